The summed E-state index contributed by atoms with van der Waals surface area (Å²) in [6.07, 6.45) is 1.52. The lowest BCUT2D eigenvalue weighted by Crippen LogP contribution is -2.16. The van der Waals surface area contributed by atoms with Crippen molar-refractivity contribution in [3.8, 4) is 11.7 Å². The predicted octanol–water partition coefficient (Wildman–Crippen LogP) is 2.08. The largest absolute Gasteiger partial charge is 0.444 e. The molecule has 102 valence electrons. The van der Waals surface area contributed by atoms with Gasteiger partial charge in [-0.2, -0.15) is 5.10 Å². The van der Waals surface area contributed by atoms with Gasteiger partial charge in [0.05, 0.1) is 0 Å². The highest BCUT2D eigenvalue weighted by atomic mass is 79.9. The molecule has 0 bridgehead atoms. The van der Waals surface area contributed by atoms with E-state index in [-0.39, 0.29) is 17.8 Å². The first-order chi connectivity index (χ1) is 9.63. The quantitative estimate of drug-likeness (QED) is 0.785. The molecule has 0 fully saturated rings. The number of amides is 1. The van der Waals surface area contributed by atoms with E-state index < -0.39 is 0 Å². The fraction of sp³-hybridized carbons (Fsp3) is 0.0909. The lowest BCUT2D eigenvalue weighted by Gasteiger charge is -1.99. The molecule has 0 aliphatic heterocycles. The van der Waals surface area contributed by atoms with Crippen molar-refractivity contribution >= 4 is 27.9 Å². The van der Waals surface area contributed by atoms with Gasteiger partial charge in [-0.15, -0.1) is 5.10 Å². The van der Waals surface area contributed by atoms with Crippen molar-refractivity contribution in [2.75, 3.05) is 5.32 Å². The molecule has 0 spiro atoms. The number of carbonyl (C=O) groups excluding carboxylic acids is 1. The van der Waals surface area contributed by atoms with Gasteiger partial charge in [0, 0.05) is 13.2 Å². The van der Waals surface area contributed by atoms with Gasteiger partial charge in [0.2, 0.25) is 0 Å². The number of nitrogens with zero attached hydrogens (tertiary/aromatic N) is 4. The number of halogens is 1. The number of anilines is 1. The van der Waals surface area contributed by atoms with Gasteiger partial charge < -0.3 is 8.83 Å². The van der Waals surface area contributed by atoms with E-state index >= 15 is 0 Å². The van der Waals surface area contributed by atoms with Gasteiger partial charge in [0.1, 0.15) is 5.69 Å². The van der Waals surface area contributed by atoms with E-state index in [9.17, 15) is 4.79 Å². The summed E-state index contributed by atoms with van der Waals surface area (Å²) < 4.78 is 12.6. The van der Waals surface area contributed by atoms with Crippen LogP contribution in [0, 0.1) is 0 Å². The molecule has 20 heavy (non-hydrogen) atoms. The lowest BCUT2D eigenvalue weighted by molar-refractivity contribution is 0.101. The normalized spacial score (nSPS) is 10.7. The smallest absolute Gasteiger partial charge is 0.322 e. The molecule has 0 radical (unpaired) electrons. The van der Waals surface area contributed by atoms with Crippen molar-refractivity contribution < 1.29 is 13.6 Å². The zero-order valence-corrected chi connectivity index (χ0v) is 11.8. The van der Waals surface area contributed by atoms with Crippen molar-refractivity contribution in [2.45, 2.75) is 0 Å². The van der Waals surface area contributed by atoms with Gasteiger partial charge in [-0.05, 0) is 34.1 Å². The highest BCUT2D eigenvalue weighted by Gasteiger charge is 2.16. The van der Waals surface area contributed by atoms with Crippen molar-refractivity contribution in [3.05, 3.63) is 34.8 Å². The number of nitrogens with one attached hydrogen (secondary N) is 1. The van der Waals surface area contributed by atoms with Gasteiger partial charge in [0.25, 0.3) is 11.8 Å². The topological polar surface area (TPSA) is 99.0 Å². The Balaban J connectivity index is 1.78. The molecule has 3 aromatic heterocycles. The number of carbonyl (C=O) groups is 1. The van der Waals surface area contributed by atoms with Crippen LogP contribution in [-0.4, -0.2) is 25.9 Å². The summed E-state index contributed by atoms with van der Waals surface area (Å²) >= 11 is 3.17. The van der Waals surface area contributed by atoms with Crippen LogP contribution >= 0.6 is 15.9 Å². The third-order valence-electron chi connectivity index (χ3n) is 2.48. The molecule has 1 N–H and O–H groups in total. The summed E-state index contributed by atoms with van der Waals surface area (Å²) in [5.41, 5.74) is 0.380. The van der Waals surface area contributed by atoms with Crippen LogP contribution in [-0.2, 0) is 7.05 Å². The van der Waals surface area contributed by atoms with E-state index in [1.165, 1.54) is 10.9 Å². The number of aromatic nitrogens is 4. The van der Waals surface area contributed by atoms with E-state index in [0.717, 1.165) is 0 Å². The minimum atomic E-state index is -0.388. The van der Waals surface area contributed by atoms with Crippen LogP contribution in [0.15, 0.2) is 37.9 Å². The van der Waals surface area contributed by atoms with E-state index in [1.54, 1.807) is 25.2 Å². The van der Waals surface area contributed by atoms with Crippen LogP contribution in [0.5, 0.6) is 0 Å². The second-order valence-corrected chi connectivity index (χ2v) is 4.59. The molecule has 0 saturated heterocycles. The zero-order chi connectivity index (χ0) is 14.1. The van der Waals surface area contributed by atoms with Gasteiger partial charge >= 0.3 is 6.01 Å². The van der Waals surface area contributed by atoms with Gasteiger partial charge in [-0.1, -0.05) is 5.10 Å². The SMILES string of the molecule is Cn1nccc1C(=O)Nc1nnc(-c2ccc(Br)o2)o1. The van der Waals surface area contributed by atoms with E-state index in [0.29, 0.717) is 16.1 Å². The Bertz CT molecular complexity index is 760. The third kappa shape index (κ3) is 2.35. The fourth-order valence-corrected chi connectivity index (χ4v) is 1.87. The maximum Gasteiger partial charge on any atom is 0.322 e. The fourth-order valence-electron chi connectivity index (χ4n) is 1.56. The zero-order valence-electron chi connectivity index (χ0n) is 10.2. The Labute approximate surface area is 120 Å². The summed E-state index contributed by atoms with van der Waals surface area (Å²) in [6.45, 7) is 0. The van der Waals surface area contributed by atoms with Gasteiger partial charge in [0.15, 0.2) is 10.4 Å². The summed E-state index contributed by atoms with van der Waals surface area (Å²) in [5.74, 6) is 0.197. The molecule has 0 aliphatic carbocycles. The molecular formula is C11H8BrN5O3. The summed E-state index contributed by atoms with van der Waals surface area (Å²) in [7, 11) is 1.66. The Hall–Kier alpha value is -2.42. The molecule has 1 amide bonds. The van der Waals surface area contributed by atoms with Crippen LogP contribution in [0.4, 0.5) is 6.01 Å². The third-order valence-corrected chi connectivity index (χ3v) is 2.91. The molecule has 0 saturated carbocycles. The summed E-state index contributed by atoms with van der Waals surface area (Å²) in [6, 6.07) is 4.94. The number of aryl methyl sites for hydroxylation is 1. The molecule has 9 heteroatoms. The number of rotatable bonds is 3. The van der Waals surface area contributed by atoms with Crippen LogP contribution in [0.3, 0.4) is 0 Å². The minimum absolute atomic E-state index is 0.0151. The highest BCUT2D eigenvalue weighted by Crippen LogP contribution is 2.24. The second-order valence-electron chi connectivity index (χ2n) is 3.81. The second kappa shape index (κ2) is 4.93. The standard InChI is InChI=1S/C11H8BrN5O3/c1-17-6(4-5-13-17)9(18)14-11-16-15-10(20-11)7-2-3-8(12)19-7/h2-5H,1H3,(H,14,16,18). The van der Waals surface area contributed by atoms with E-state index in [4.69, 9.17) is 8.83 Å². The molecule has 0 atom stereocenters. The molecule has 3 rings (SSSR count). The van der Waals surface area contributed by atoms with Crippen molar-refractivity contribution in [1.29, 1.82) is 0 Å². The van der Waals surface area contributed by atoms with Crippen LogP contribution in [0.2, 0.25) is 0 Å². The van der Waals surface area contributed by atoms with Crippen LogP contribution in [0.1, 0.15) is 10.5 Å². The lowest BCUT2D eigenvalue weighted by atomic mass is 10.4. The molecule has 0 unspecified atom stereocenters. The first-order valence-electron chi connectivity index (χ1n) is 5.52. The molecular weight excluding hydrogens is 330 g/mol. The van der Waals surface area contributed by atoms with Crippen LogP contribution in [0.25, 0.3) is 11.7 Å². The van der Waals surface area contributed by atoms with Crippen molar-refractivity contribution in [3.63, 3.8) is 0 Å². The summed E-state index contributed by atoms with van der Waals surface area (Å²) in [5, 5.41) is 13.9. The average molecular weight is 338 g/mol. The Morgan fingerprint density at radius 3 is 2.80 bits per heavy atom. The van der Waals surface area contributed by atoms with Gasteiger partial charge in [-0.25, -0.2) is 0 Å². The first kappa shape index (κ1) is 12.6. The van der Waals surface area contributed by atoms with Gasteiger partial charge in [-0.3, -0.25) is 14.8 Å². The molecule has 8 nitrogen and oxygen atoms in total. The predicted molar refractivity (Wildman–Crippen MR) is 70.9 cm³/mol. The number of hydrogen-bond donors (Lipinski definition) is 1. The molecule has 0 aromatic carbocycles. The molecule has 3 aromatic rings. The molecule has 3 heterocycles. The Kier molecular flexibility index (Phi) is 3.11. The average Bonchev–Trinajstić information content (AvgIpc) is 3.10. The Morgan fingerprint density at radius 1 is 1.30 bits per heavy atom. The Morgan fingerprint density at radius 2 is 2.15 bits per heavy atom. The monoisotopic (exact) mass is 337 g/mol. The van der Waals surface area contributed by atoms with E-state index in [1.807, 2.05) is 0 Å². The van der Waals surface area contributed by atoms with E-state index in [2.05, 4.69) is 36.5 Å². The van der Waals surface area contributed by atoms with Crippen LogP contribution < -0.4 is 5.32 Å². The maximum absolute atomic E-state index is 11.9. The maximum atomic E-state index is 11.9. The first-order valence-corrected chi connectivity index (χ1v) is 6.31. The highest BCUT2D eigenvalue weighted by molar-refractivity contribution is 9.10. The van der Waals surface area contributed by atoms with Crippen molar-refractivity contribution in [2.24, 2.45) is 7.05 Å². The number of hydrogen-bond acceptors (Lipinski definition) is 6. The summed E-state index contributed by atoms with van der Waals surface area (Å²) in [4.78, 5) is 11.9. The number of furan rings is 1. The molecule has 0 aliphatic rings. The van der Waals surface area contributed by atoms with Crippen molar-refractivity contribution in [1.82, 2.24) is 20.0 Å². The minimum Gasteiger partial charge on any atom is -0.444 e.